The van der Waals surface area contributed by atoms with Gasteiger partial charge in [-0.25, -0.2) is 4.39 Å². The third kappa shape index (κ3) is 4.97. The average molecular weight is 396 g/mol. The largest absolute Gasteiger partial charge is 0.484 e. The number of hydrogen-bond acceptors (Lipinski definition) is 6. The van der Waals surface area contributed by atoms with Gasteiger partial charge in [0.25, 0.3) is 11.8 Å². The lowest BCUT2D eigenvalue weighted by Crippen LogP contribution is -2.49. The van der Waals surface area contributed by atoms with E-state index in [0.717, 1.165) is 0 Å². The van der Waals surface area contributed by atoms with Crippen molar-refractivity contribution in [2.45, 2.75) is 6.54 Å². The quantitative estimate of drug-likeness (QED) is 0.638. The standard InChI is InChI=1S/C21H21FN4O3/c22-17-6-4-5-16(13-17)21-23-19(24-29-21)14-25-9-11-26(12-10-25)20(27)15-28-18-7-2-1-3-8-18/h1-8,13H,9-12,14-15H2. The molecule has 2 aromatic carbocycles. The summed E-state index contributed by atoms with van der Waals surface area (Å²) < 4.78 is 24.1. The SMILES string of the molecule is O=C(COc1ccccc1)N1CCN(Cc2noc(-c3cccc(F)c3)n2)CC1. The zero-order chi connectivity index (χ0) is 20.1. The highest BCUT2D eigenvalue weighted by Gasteiger charge is 2.22. The van der Waals surface area contributed by atoms with E-state index in [1.54, 1.807) is 17.0 Å². The normalized spacial score (nSPS) is 14.7. The monoisotopic (exact) mass is 396 g/mol. The molecular weight excluding hydrogens is 375 g/mol. The van der Waals surface area contributed by atoms with Gasteiger partial charge in [0.1, 0.15) is 11.6 Å². The Morgan fingerprint density at radius 3 is 2.62 bits per heavy atom. The van der Waals surface area contributed by atoms with Crippen LogP contribution in [0.1, 0.15) is 5.82 Å². The molecule has 0 bridgehead atoms. The minimum atomic E-state index is -0.348. The first-order valence-corrected chi connectivity index (χ1v) is 9.44. The molecule has 0 spiro atoms. The van der Waals surface area contributed by atoms with E-state index < -0.39 is 0 Å². The second-order valence-corrected chi connectivity index (χ2v) is 6.78. The number of para-hydroxylation sites is 1. The molecule has 29 heavy (non-hydrogen) atoms. The van der Waals surface area contributed by atoms with Gasteiger partial charge in [0.15, 0.2) is 12.4 Å². The van der Waals surface area contributed by atoms with Gasteiger partial charge in [0, 0.05) is 31.7 Å². The van der Waals surface area contributed by atoms with Crippen molar-refractivity contribution in [3.05, 3.63) is 66.2 Å². The molecule has 0 N–H and O–H groups in total. The smallest absolute Gasteiger partial charge is 0.260 e. The van der Waals surface area contributed by atoms with Crippen molar-refractivity contribution in [1.82, 2.24) is 19.9 Å². The van der Waals surface area contributed by atoms with E-state index in [0.29, 0.717) is 55.8 Å². The fourth-order valence-corrected chi connectivity index (χ4v) is 3.17. The first-order valence-electron chi connectivity index (χ1n) is 9.44. The van der Waals surface area contributed by atoms with E-state index in [1.165, 1.54) is 12.1 Å². The van der Waals surface area contributed by atoms with E-state index >= 15 is 0 Å². The zero-order valence-electron chi connectivity index (χ0n) is 15.8. The Bertz CT molecular complexity index is 955. The molecule has 0 aliphatic carbocycles. The fraction of sp³-hybridized carbons (Fsp3) is 0.286. The van der Waals surface area contributed by atoms with Crippen LogP contribution in [-0.2, 0) is 11.3 Å². The molecule has 1 aliphatic rings. The van der Waals surface area contributed by atoms with Crippen molar-refractivity contribution in [1.29, 1.82) is 0 Å². The molecule has 2 heterocycles. The summed E-state index contributed by atoms with van der Waals surface area (Å²) in [5.41, 5.74) is 0.553. The zero-order valence-corrected chi connectivity index (χ0v) is 15.8. The van der Waals surface area contributed by atoms with Crippen molar-refractivity contribution in [2.24, 2.45) is 0 Å². The molecule has 3 aromatic rings. The summed E-state index contributed by atoms with van der Waals surface area (Å²) in [6, 6.07) is 15.4. The highest BCUT2D eigenvalue weighted by Crippen LogP contribution is 2.18. The lowest BCUT2D eigenvalue weighted by atomic mass is 10.2. The topological polar surface area (TPSA) is 71.7 Å². The second kappa shape index (κ2) is 8.83. The highest BCUT2D eigenvalue weighted by atomic mass is 19.1. The van der Waals surface area contributed by atoms with Crippen LogP contribution in [0.5, 0.6) is 5.75 Å². The number of nitrogens with zero attached hydrogens (tertiary/aromatic N) is 4. The maximum Gasteiger partial charge on any atom is 0.260 e. The molecular formula is C21H21FN4O3. The summed E-state index contributed by atoms with van der Waals surface area (Å²) in [7, 11) is 0. The predicted octanol–water partition coefficient (Wildman–Crippen LogP) is 2.60. The Morgan fingerprint density at radius 1 is 1.07 bits per heavy atom. The first-order chi connectivity index (χ1) is 14.2. The van der Waals surface area contributed by atoms with Crippen molar-refractivity contribution >= 4 is 5.91 Å². The number of amides is 1. The third-order valence-electron chi connectivity index (χ3n) is 4.74. The van der Waals surface area contributed by atoms with Crippen LogP contribution in [0.25, 0.3) is 11.5 Å². The third-order valence-corrected chi connectivity index (χ3v) is 4.74. The Hall–Kier alpha value is -3.26. The Balaban J connectivity index is 1.25. The maximum absolute atomic E-state index is 13.3. The molecule has 4 rings (SSSR count). The van der Waals surface area contributed by atoms with Crippen molar-refractivity contribution in [3.63, 3.8) is 0 Å². The molecule has 0 atom stereocenters. The van der Waals surface area contributed by atoms with E-state index in [2.05, 4.69) is 15.0 Å². The number of aromatic nitrogens is 2. The van der Waals surface area contributed by atoms with Gasteiger partial charge >= 0.3 is 0 Å². The van der Waals surface area contributed by atoms with Crippen LogP contribution >= 0.6 is 0 Å². The van der Waals surface area contributed by atoms with Crippen LogP contribution in [-0.4, -0.2) is 58.6 Å². The highest BCUT2D eigenvalue weighted by molar-refractivity contribution is 5.77. The number of benzene rings is 2. The Kier molecular flexibility index (Phi) is 5.81. The Morgan fingerprint density at radius 2 is 1.86 bits per heavy atom. The number of rotatable bonds is 6. The number of halogens is 1. The van der Waals surface area contributed by atoms with Crippen molar-refractivity contribution in [3.8, 4) is 17.2 Å². The van der Waals surface area contributed by atoms with E-state index in [4.69, 9.17) is 9.26 Å². The summed E-state index contributed by atoms with van der Waals surface area (Å²) in [5.74, 6) is 1.15. The molecule has 150 valence electrons. The fourth-order valence-electron chi connectivity index (χ4n) is 3.17. The first kappa shape index (κ1) is 19.1. The Labute approximate surface area is 167 Å². The van der Waals surface area contributed by atoms with Gasteiger partial charge in [-0.3, -0.25) is 9.69 Å². The summed E-state index contributed by atoms with van der Waals surface area (Å²) in [5, 5.41) is 3.98. The van der Waals surface area contributed by atoms with Gasteiger partial charge in [0.2, 0.25) is 0 Å². The minimum Gasteiger partial charge on any atom is -0.484 e. The van der Waals surface area contributed by atoms with Gasteiger partial charge in [-0.1, -0.05) is 29.4 Å². The molecule has 1 amide bonds. The van der Waals surface area contributed by atoms with E-state index in [-0.39, 0.29) is 18.3 Å². The molecule has 1 aromatic heterocycles. The molecule has 0 unspecified atom stereocenters. The predicted molar refractivity (Wildman–Crippen MR) is 103 cm³/mol. The van der Waals surface area contributed by atoms with Crippen LogP contribution in [0.2, 0.25) is 0 Å². The van der Waals surface area contributed by atoms with Crippen molar-refractivity contribution in [2.75, 3.05) is 32.8 Å². The lowest BCUT2D eigenvalue weighted by Gasteiger charge is -2.33. The summed E-state index contributed by atoms with van der Waals surface area (Å²) in [6.07, 6.45) is 0. The maximum atomic E-state index is 13.3. The number of carbonyl (C=O) groups is 1. The number of ether oxygens (including phenoxy) is 1. The van der Waals surface area contributed by atoms with Gasteiger partial charge in [-0.15, -0.1) is 0 Å². The molecule has 1 aliphatic heterocycles. The molecule has 0 saturated carbocycles. The molecule has 1 saturated heterocycles. The lowest BCUT2D eigenvalue weighted by molar-refractivity contribution is -0.135. The van der Waals surface area contributed by atoms with E-state index in [1.807, 2.05) is 30.3 Å². The number of piperazine rings is 1. The molecule has 0 radical (unpaired) electrons. The van der Waals surface area contributed by atoms with Crippen LogP contribution in [0.15, 0.2) is 59.1 Å². The van der Waals surface area contributed by atoms with Crippen LogP contribution in [0.3, 0.4) is 0 Å². The number of carbonyl (C=O) groups excluding carboxylic acids is 1. The van der Waals surface area contributed by atoms with Gasteiger partial charge in [0.05, 0.1) is 6.54 Å². The minimum absolute atomic E-state index is 0.0264. The average Bonchev–Trinajstić information content (AvgIpc) is 3.22. The van der Waals surface area contributed by atoms with Gasteiger partial charge in [-0.05, 0) is 30.3 Å². The van der Waals surface area contributed by atoms with Crippen LogP contribution in [0, 0.1) is 5.82 Å². The second-order valence-electron chi connectivity index (χ2n) is 6.78. The number of hydrogen-bond donors (Lipinski definition) is 0. The molecule has 8 heteroatoms. The van der Waals surface area contributed by atoms with Crippen LogP contribution in [0.4, 0.5) is 4.39 Å². The van der Waals surface area contributed by atoms with Gasteiger partial charge in [-0.2, -0.15) is 4.98 Å². The van der Waals surface area contributed by atoms with Crippen LogP contribution < -0.4 is 4.74 Å². The summed E-state index contributed by atoms with van der Waals surface area (Å²) in [4.78, 5) is 20.6. The summed E-state index contributed by atoms with van der Waals surface area (Å²) >= 11 is 0. The van der Waals surface area contributed by atoms with Gasteiger partial charge < -0.3 is 14.2 Å². The van der Waals surface area contributed by atoms with E-state index in [9.17, 15) is 9.18 Å². The molecule has 1 fully saturated rings. The molecule has 7 nitrogen and oxygen atoms in total. The summed E-state index contributed by atoms with van der Waals surface area (Å²) in [6.45, 7) is 3.20. The van der Waals surface area contributed by atoms with Crippen molar-refractivity contribution < 1.29 is 18.4 Å².